The summed E-state index contributed by atoms with van der Waals surface area (Å²) in [6.45, 7) is -4.59. The van der Waals surface area contributed by atoms with E-state index < -0.39 is 38.5 Å². The molecule has 0 aliphatic heterocycles. The second kappa shape index (κ2) is 6.21. The molecule has 0 heterocycles. The summed E-state index contributed by atoms with van der Waals surface area (Å²) in [6.07, 6.45) is -12.4. The normalized spacial score (nSPS) is 15.2. The number of rotatable bonds is 6. The van der Waals surface area contributed by atoms with Crippen molar-refractivity contribution in [2.45, 2.75) is 18.5 Å². The molecule has 0 spiro atoms. The van der Waals surface area contributed by atoms with Crippen LogP contribution in [-0.4, -0.2) is 38.5 Å². The Hall–Kier alpha value is -0.610. The molecular formula is C6H7F7O3. The van der Waals surface area contributed by atoms with E-state index in [4.69, 9.17) is 0 Å². The summed E-state index contributed by atoms with van der Waals surface area (Å²) in [4.78, 5) is 2.71. The summed E-state index contributed by atoms with van der Waals surface area (Å²) < 4.78 is 89.1. The van der Waals surface area contributed by atoms with Gasteiger partial charge in [0, 0.05) is 0 Å². The van der Waals surface area contributed by atoms with E-state index in [2.05, 4.69) is 14.4 Å². The molecule has 0 saturated carbocycles. The van der Waals surface area contributed by atoms with Crippen LogP contribution in [-0.2, 0) is 14.4 Å². The number of hydrogen-bond acceptors (Lipinski definition) is 3. The van der Waals surface area contributed by atoms with Gasteiger partial charge in [-0.15, -0.1) is 0 Å². The predicted octanol–water partition coefficient (Wildman–Crippen LogP) is 2.37. The summed E-state index contributed by atoms with van der Waals surface area (Å²) in [5, 5.41) is 0. The van der Waals surface area contributed by atoms with Gasteiger partial charge >= 0.3 is 12.4 Å². The quantitative estimate of drug-likeness (QED) is 0.542. The lowest BCUT2D eigenvalue weighted by Gasteiger charge is -2.19. The highest BCUT2D eigenvalue weighted by Crippen LogP contribution is 2.24. The molecule has 0 aliphatic carbocycles. The van der Waals surface area contributed by atoms with E-state index in [0.29, 0.717) is 0 Å². The van der Waals surface area contributed by atoms with E-state index in [0.717, 1.165) is 0 Å². The maximum Gasteiger partial charge on any atom is 0.417 e. The average molecular weight is 260 g/mol. The summed E-state index contributed by atoms with van der Waals surface area (Å²) >= 11 is 0. The first-order valence-electron chi connectivity index (χ1n) is 3.73. The summed E-state index contributed by atoms with van der Waals surface area (Å²) in [5.41, 5.74) is 0. The van der Waals surface area contributed by atoms with Crippen molar-refractivity contribution in [2.75, 3.05) is 20.0 Å². The smallest absolute Gasteiger partial charge is 0.369 e. The molecule has 16 heavy (non-hydrogen) atoms. The third-order valence-corrected chi connectivity index (χ3v) is 1.21. The Morgan fingerprint density at radius 2 is 1.56 bits per heavy atom. The van der Waals surface area contributed by atoms with Gasteiger partial charge in [0.25, 0.3) is 0 Å². The van der Waals surface area contributed by atoms with Gasteiger partial charge in [-0.1, -0.05) is 0 Å². The lowest BCUT2D eigenvalue weighted by molar-refractivity contribution is -0.293. The van der Waals surface area contributed by atoms with Crippen LogP contribution in [0.15, 0.2) is 0 Å². The molecule has 98 valence electrons. The molecule has 0 fully saturated rings. The van der Waals surface area contributed by atoms with Gasteiger partial charge in [-0.2, -0.15) is 31.3 Å². The average Bonchev–Trinajstić information content (AvgIpc) is 2.06. The second-order valence-electron chi connectivity index (χ2n) is 2.55. The molecule has 0 aromatic heterocycles. The van der Waals surface area contributed by atoms with Crippen molar-refractivity contribution in [2.24, 2.45) is 0 Å². The monoisotopic (exact) mass is 260 g/mol. The van der Waals surface area contributed by atoms with Crippen molar-refractivity contribution in [1.82, 2.24) is 0 Å². The Morgan fingerprint density at radius 1 is 1.00 bits per heavy atom. The summed E-state index contributed by atoms with van der Waals surface area (Å²) in [6, 6.07) is 0. The molecule has 0 bridgehead atoms. The van der Waals surface area contributed by atoms with Gasteiger partial charge in [-0.05, 0) is 4.53 Å². The molecule has 0 N–H and O–H groups in total. The van der Waals surface area contributed by atoms with E-state index >= 15 is 0 Å². The largest absolute Gasteiger partial charge is 0.417 e. The molecule has 0 rings (SSSR count). The highest BCUT2D eigenvalue weighted by molar-refractivity contribution is 4.66. The molecule has 0 aromatic rings. The molecular weight excluding hydrogens is 253 g/mol. The van der Waals surface area contributed by atoms with E-state index in [1.807, 2.05) is 0 Å². The molecule has 1 unspecified atom stereocenters. The molecule has 0 amide bonds. The van der Waals surface area contributed by atoms with Crippen LogP contribution in [0.2, 0.25) is 0 Å². The minimum Gasteiger partial charge on any atom is -0.369 e. The minimum absolute atomic E-state index is 1.35. The highest BCUT2D eigenvalue weighted by atomic mass is 19.4. The fraction of sp³-hybridized carbons (Fsp3) is 1.00. The Bertz CT molecular complexity index is 190. The molecule has 10 heteroatoms. The van der Waals surface area contributed by atoms with Crippen molar-refractivity contribution >= 4 is 0 Å². The van der Waals surface area contributed by atoms with Gasteiger partial charge in [0.1, 0.15) is 6.61 Å². The minimum atomic E-state index is -4.97. The van der Waals surface area contributed by atoms with Crippen LogP contribution in [0.4, 0.5) is 30.9 Å². The maximum absolute atomic E-state index is 12.0. The number of ether oxygens (including phenoxy) is 2. The van der Waals surface area contributed by atoms with Gasteiger partial charge in [0.15, 0.2) is 12.9 Å². The molecule has 0 saturated heterocycles. The zero-order valence-electron chi connectivity index (χ0n) is 7.57. The van der Waals surface area contributed by atoms with Crippen LogP contribution in [0.25, 0.3) is 0 Å². The SMILES string of the molecule is FOCOC(COCC(F)(F)F)C(F)(F)F. The fourth-order valence-corrected chi connectivity index (χ4v) is 0.627. The van der Waals surface area contributed by atoms with Crippen LogP contribution in [0.3, 0.4) is 0 Å². The molecule has 1 atom stereocenters. The Kier molecular flexibility index (Phi) is 5.97. The first kappa shape index (κ1) is 15.4. The van der Waals surface area contributed by atoms with E-state index in [9.17, 15) is 30.9 Å². The van der Waals surface area contributed by atoms with Crippen molar-refractivity contribution in [3.8, 4) is 0 Å². The zero-order valence-corrected chi connectivity index (χ0v) is 7.57. The molecule has 0 aliphatic rings. The van der Waals surface area contributed by atoms with Crippen LogP contribution in [0, 0.1) is 0 Å². The van der Waals surface area contributed by atoms with Gasteiger partial charge in [0.05, 0.1) is 6.61 Å². The van der Waals surface area contributed by atoms with E-state index in [1.54, 1.807) is 0 Å². The predicted molar refractivity (Wildman–Crippen MR) is 34.9 cm³/mol. The Balaban J connectivity index is 4.03. The topological polar surface area (TPSA) is 27.7 Å². The van der Waals surface area contributed by atoms with Crippen LogP contribution < -0.4 is 0 Å². The van der Waals surface area contributed by atoms with Crippen LogP contribution >= 0.6 is 0 Å². The first-order valence-corrected chi connectivity index (χ1v) is 3.73. The summed E-state index contributed by atoms with van der Waals surface area (Å²) in [7, 11) is 0. The number of halogens is 7. The van der Waals surface area contributed by atoms with Crippen LogP contribution in [0.5, 0.6) is 0 Å². The fourth-order valence-electron chi connectivity index (χ4n) is 0.627. The first-order chi connectivity index (χ1) is 7.17. The molecule has 0 radical (unpaired) electrons. The van der Waals surface area contributed by atoms with Crippen LogP contribution in [0.1, 0.15) is 0 Å². The zero-order chi connectivity index (χ0) is 12.8. The standard InChI is InChI=1S/C6H7F7O3/c7-5(8,9)2-14-1-4(6(10,11)12)15-3-16-13/h4H,1-3H2. The summed E-state index contributed by atoms with van der Waals surface area (Å²) in [5.74, 6) is 0. The van der Waals surface area contributed by atoms with Crippen molar-refractivity contribution in [3.63, 3.8) is 0 Å². The van der Waals surface area contributed by atoms with Gasteiger partial charge < -0.3 is 9.47 Å². The third-order valence-electron chi connectivity index (χ3n) is 1.21. The molecule has 0 aromatic carbocycles. The van der Waals surface area contributed by atoms with Crippen molar-refractivity contribution < 1.29 is 45.3 Å². The highest BCUT2D eigenvalue weighted by Gasteiger charge is 2.42. The lowest BCUT2D eigenvalue weighted by atomic mass is 10.4. The number of hydrogen-bond donors (Lipinski definition) is 0. The van der Waals surface area contributed by atoms with Crippen molar-refractivity contribution in [1.29, 1.82) is 0 Å². The Morgan fingerprint density at radius 3 is 1.94 bits per heavy atom. The van der Waals surface area contributed by atoms with Gasteiger partial charge in [0.2, 0.25) is 0 Å². The number of alkyl halides is 6. The van der Waals surface area contributed by atoms with E-state index in [1.165, 1.54) is 0 Å². The van der Waals surface area contributed by atoms with Gasteiger partial charge in [-0.25, -0.2) is 0 Å². The Labute approximate surface area is 85.0 Å². The lowest BCUT2D eigenvalue weighted by Crippen LogP contribution is -2.37. The third kappa shape index (κ3) is 7.65. The van der Waals surface area contributed by atoms with Gasteiger partial charge in [-0.3, -0.25) is 0 Å². The maximum atomic E-state index is 12.0. The molecule has 3 nitrogen and oxygen atoms in total. The van der Waals surface area contributed by atoms with E-state index in [-0.39, 0.29) is 0 Å². The second-order valence-corrected chi connectivity index (χ2v) is 2.55. The van der Waals surface area contributed by atoms with Crippen molar-refractivity contribution in [3.05, 3.63) is 0 Å².